The Labute approximate surface area is 175 Å². The Morgan fingerprint density at radius 2 is 1.83 bits per heavy atom. The number of rotatable bonds is 7. The molecule has 0 spiro atoms. The van der Waals surface area contributed by atoms with Gasteiger partial charge in [-0.1, -0.05) is 49.4 Å². The first-order valence-electron chi connectivity index (χ1n) is 9.59. The van der Waals surface area contributed by atoms with Crippen LogP contribution in [0.25, 0.3) is 0 Å². The number of amidine groups is 1. The number of anilines is 1. The fourth-order valence-electron chi connectivity index (χ4n) is 2.95. The molecule has 29 heavy (non-hydrogen) atoms. The Hall–Kier alpha value is -2.67. The summed E-state index contributed by atoms with van der Waals surface area (Å²) >= 11 is 1.45. The Morgan fingerprint density at radius 3 is 2.45 bits per heavy atom. The van der Waals surface area contributed by atoms with Gasteiger partial charge in [0.05, 0.1) is 18.0 Å². The van der Waals surface area contributed by atoms with Gasteiger partial charge in [-0.25, -0.2) is 4.39 Å². The van der Waals surface area contributed by atoms with E-state index >= 15 is 0 Å². The lowest BCUT2D eigenvalue weighted by Crippen LogP contribution is -2.31. The Kier molecular flexibility index (Phi) is 7.04. The van der Waals surface area contributed by atoms with E-state index in [1.807, 2.05) is 43.3 Å². The van der Waals surface area contributed by atoms with Crippen molar-refractivity contribution in [3.8, 4) is 0 Å². The summed E-state index contributed by atoms with van der Waals surface area (Å²) < 4.78 is 13.2. The summed E-state index contributed by atoms with van der Waals surface area (Å²) in [7, 11) is 3.98. The highest BCUT2D eigenvalue weighted by atomic mass is 32.2. The predicted octanol–water partition coefficient (Wildman–Crippen LogP) is 4.53. The SMILES string of the molecule is CCC[C@H]1S/C(=N/N=C\c2ccc(N(C)C)cc2)N(Cc2ccc(F)cc2)C1=O. The zero-order valence-corrected chi connectivity index (χ0v) is 17.7. The zero-order valence-electron chi connectivity index (χ0n) is 16.9. The van der Waals surface area contributed by atoms with E-state index in [9.17, 15) is 9.18 Å². The van der Waals surface area contributed by atoms with Crippen LogP contribution in [0.15, 0.2) is 58.7 Å². The summed E-state index contributed by atoms with van der Waals surface area (Å²) in [6, 6.07) is 14.2. The number of hydrogen-bond acceptors (Lipinski definition) is 5. The van der Waals surface area contributed by atoms with Crippen LogP contribution in [0.1, 0.15) is 30.9 Å². The van der Waals surface area contributed by atoms with Gasteiger partial charge in [-0.15, -0.1) is 5.10 Å². The summed E-state index contributed by atoms with van der Waals surface area (Å²) in [5.74, 6) is -0.260. The summed E-state index contributed by atoms with van der Waals surface area (Å²) in [4.78, 5) is 16.5. The summed E-state index contributed by atoms with van der Waals surface area (Å²) in [6.07, 6.45) is 3.39. The van der Waals surface area contributed by atoms with Gasteiger partial charge in [-0.2, -0.15) is 5.10 Å². The molecule has 1 atom stereocenters. The van der Waals surface area contributed by atoms with Gasteiger partial charge < -0.3 is 4.90 Å². The number of carbonyl (C=O) groups is 1. The molecule has 1 amide bonds. The predicted molar refractivity (Wildman–Crippen MR) is 119 cm³/mol. The second kappa shape index (κ2) is 9.69. The molecule has 1 aliphatic heterocycles. The molecule has 1 saturated heterocycles. The lowest BCUT2D eigenvalue weighted by molar-refractivity contribution is -0.126. The van der Waals surface area contributed by atoms with Crippen LogP contribution in [-0.2, 0) is 11.3 Å². The van der Waals surface area contributed by atoms with Crippen LogP contribution in [-0.4, -0.2) is 41.5 Å². The molecule has 0 N–H and O–H groups in total. The molecule has 1 fully saturated rings. The second-order valence-corrected chi connectivity index (χ2v) is 8.23. The van der Waals surface area contributed by atoms with Crippen molar-refractivity contribution in [3.63, 3.8) is 0 Å². The first-order valence-corrected chi connectivity index (χ1v) is 10.5. The van der Waals surface area contributed by atoms with Gasteiger partial charge in [0.25, 0.3) is 0 Å². The van der Waals surface area contributed by atoms with E-state index in [1.165, 1.54) is 23.9 Å². The normalized spacial score (nSPS) is 18.2. The van der Waals surface area contributed by atoms with E-state index < -0.39 is 0 Å². The van der Waals surface area contributed by atoms with E-state index in [0.29, 0.717) is 11.7 Å². The molecule has 1 aliphatic rings. The van der Waals surface area contributed by atoms with Crippen molar-refractivity contribution in [2.45, 2.75) is 31.6 Å². The molecule has 1 heterocycles. The summed E-state index contributed by atoms with van der Waals surface area (Å²) in [6.45, 7) is 2.42. The van der Waals surface area contributed by atoms with Crippen LogP contribution in [0.5, 0.6) is 0 Å². The molecule has 2 aromatic rings. The number of thioether (sulfide) groups is 1. The summed E-state index contributed by atoms with van der Waals surface area (Å²) in [5, 5.41) is 8.97. The van der Waals surface area contributed by atoms with Crippen LogP contribution in [0.2, 0.25) is 0 Å². The molecule has 0 saturated carbocycles. The van der Waals surface area contributed by atoms with Crippen molar-refractivity contribution < 1.29 is 9.18 Å². The maximum atomic E-state index is 13.2. The molecule has 2 aromatic carbocycles. The fourth-order valence-corrected chi connectivity index (χ4v) is 4.17. The highest BCUT2D eigenvalue weighted by Gasteiger charge is 2.37. The van der Waals surface area contributed by atoms with E-state index in [1.54, 1.807) is 23.2 Å². The average Bonchev–Trinajstić information content (AvgIpc) is 2.99. The van der Waals surface area contributed by atoms with Gasteiger partial charge in [0.15, 0.2) is 5.17 Å². The minimum atomic E-state index is -0.293. The van der Waals surface area contributed by atoms with Crippen molar-refractivity contribution in [1.29, 1.82) is 0 Å². The van der Waals surface area contributed by atoms with Gasteiger partial charge in [0, 0.05) is 19.8 Å². The Bertz CT molecular complexity index is 894. The first kappa shape index (κ1) is 21.0. The van der Waals surface area contributed by atoms with Crippen molar-refractivity contribution in [2.75, 3.05) is 19.0 Å². The minimum Gasteiger partial charge on any atom is -0.378 e. The van der Waals surface area contributed by atoms with Gasteiger partial charge in [-0.3, -0.25) is 9.69 Å². The number of benzene rings is 2. The van der Waals surface area contributed by atoms with Crippen molar-refractivity contribution in [2.24, 2.45) is 10.2 Å². The average molecular weight is 413 g/mol. The number of nitrogens with zero attached hydrogens (tertiary/aromatic N) is 4. The van der Waals surface area contributed by atoms with E-state index in [-0.39, 0.29) is 17.0 Å². The molecule has 3 rings (SSSR count). The fraction of sp³-hybridized carbons (Fsp3) is 0.318. The smallest absolute Gasteiger partial charge is 0.242 e. The maximum absolute atomic E-state index is 13.2. The number of hydrogen-bond donors (Lipinski definition) is 0. The van der Waals surface area contributed by atoms with Crippen LogP contribution >= 0.6 is 11.8 Å². The third-order valence-corrected chi connectivity index (χ3v) is 5.82. The standard InChI is InChI=1S/C22H25FN4OS/c1-4-5-20-21(28)27(15-17-6-10-18(23)11-7-17)22(29-20)25-24-14-16-8-12-19(13-9-16)26(2)3/h6-14,20H,4-5,15H2,1-3H3/b24-14-,25-22+/t20-/m1/s1. The van der Waals surface area contributed by atoms with Gasteiger partial charge in [-0.05, 0) is 41.8 Å². The molecule has 0 unspecified atom stereocenters. The quantitative estimate of drug-likeness (QED) is 0.496. The maximum Gasteiger partial charge on any atom is 0.242 e. The molecular formula is C22H25FN4OS. The largest absolute Gasteiger partial charge is 0.378 e. The highest BCUT2D eigenvalue weighted by molar-refractivity contribution is 8.15. The zero-order chi connectivity index (χ0) is 20.8. The van der Waals surface area contributed by atoms with Crippen molar-refractivity contribution in [3.05, 3.63) is 65.5 Å². The van der Waals surface area contributed by atoms with E-state index in [4.69, 9.17) is 0 Å². The van der Waals surface area contributed by atoms with E-state index in [0.717, 1.165) is 29.7 Å². The van der Waals surface area contributed by atoms with Crippen LogP contribution in [0, 0.1) is 5.82 Å². The molecule has 7 heteroatoms. The monoisotopic (exact) mass is 412 g/mol. The topological polar surface area (TPSA) is 48.3 Å². The van der Waals surface area contributed by atoms with Gasteiger partial charge >= 0.3 is 0 Å². The van der Waals surface area contributed by atoms with Crippen LogP contribution < -0.4 is 4.90 Å². The van der Waals surface area contributed by atoms with E-state index in [2.05, 4.69) is 17.1 Å². The minimum absolute atomic E-state index is 0.0328. The molecule has 5 nitrogen and oxygen atoms in total. The van der Waals surface area contributed by atoms with Gasteiger partial charge in [0.1, 0.15) is 5.82 Å². The molecule has 0 bridgehead atoms. The molecule has 152 valence electrons. The third-order valence-electron chi connectivity index (χ3n) is 4.58. The molecular weight excluding hydrogens is 387 g/mol. The lowest BCUT2D eigenvalue weighted by atomic mass is 10.2. The van der Waals surface area contributed by atoms with Crippen molar-refractivity contribution >= 4 is 34.7 Å². The molecule has 0 radical (unpaired) electrons. The van der Waals surface area contributed by atoms with Crippen LogP contribution in [0.4, 0.5) is 10.1 Å². The van der Waals surface area contributed by atoms with Crippen molar-refractivity contribution in [1.82, 2.24) is 4.90 Å². The number of halogens is 1. The first-order chi connectivity index (χ1) is 14.0. The van der Waals surface area contributed by atoms with Crippen LogP contribution in [0.3, 0.4) is 0 Å². The second-order valence-electron chi connectivity index (χ2n) is 7.06. The Balaban J connectivity index is 1.77. The molecule has 0 aliphatic carbocycles. The lowest BCUT2D eigenvalue weighted by Gasteiger charge is -2.15. The molecule has 0 aromatic heterocycles. The number of amides is 1. The third kappa shape index (κ3) is 5.44. The highest BCUT2D eigenvalue weighted by Crippen LogP contribution is 2.31. The van der Waals surface area contributed by atoms with Gasteiger partial charge in [0.2, 0.25) is 5.91 Å². The Morgan fingerprint density at radius 1 is 1.14 bits per heavy atom. The number of carbonyl (C=O) groups excluding carboxylic acids is 1. The summed E-state index contributed by atoms with van der Waals surface area (Å²) in [5.41, 5.74) is 2.90.